The summed E-state index contributed by atoms with van der Waals surface area (Å²) in [6.07, 6.45) is 1.89. The van der Waals surface area contributed by atoms with Crippen molar-refractivity contribution in [2.45, 2.75) is 16.7 Å². The second-order valence-electron chi connectivity index (χ2n) is 4.46. The number of hydrogen-bond donors (Lipinski definition) is 1. The van der Waals surface area contributed by atoms with Crippen LogP contribution in [0.15, 0.2) is 58.6 Å². The monoisotopic (exact) mass is 328 g/mol. The van der Waals surface area contributed by atoms with Gasteiger partial charge < -0.3 is 9.84 Å². The first kappa shape index (κ1) is 15.0. The Bertz CT molecular complexity index is 821. The molecule has 0 fully saturated rings. The van der Waals surface area contributed by atoms with Crippen LogP contribution in [0.2, 0.25) is 0 Å². The first-order valence-corrected chi connectivity index (χ1v) is 7.47. The van der Waals surface area contributed by atoms with Gasteiger partial charge in [-0.1, -0.05) is 30.0 Å². The molecule has 2 aromatic heterocycles. The average Bonchev–Trinajstić information content (AvgIpc) is 2.86. The van der Waals surface area contributed by atoms with Crippen LogP contribution >= 0.6 is 11.8 Å². The number of nitrogens with zero attached hydrogens (tertiary/aromatic N) is 4. The number of rotatable bonds is 4. The summed E-state index contributed by atoms with van der Waals surface area (Å²) in [7, 11) is 0. The van der Waals surface area contributed by atoms with E-state index in [1.807, 2.05) is 30.3 Å². The third-order valence-electron chi connectivity index (χ3n) is 2.91. The van der Waals surface area contributed by atoms with E-state index < -0.39 is 6.09 Å². The molecular weight excluding hydrogens is 316 g/mol. The van der Waals surface area contributed by atoms with E-state index in [1.165, 1.54) is 24.2 Å². The molecule has 0 radical (unpaired) electrons. The van der Waals surface area contributed by atoms with Crippen LogP contribution in [-0.2, 0) is 0 Å². The van der Waals surface area contributed by atoms with Gasteiger partial charge in [0.15, 0.2) is 0 Å². The van der Waals surface area contributed by atoms with Crippen molar-refractivity contribution in [1.82, 2.24) is 19.7 Å². The SMILES string of the molecule is Cc1c(Sc2ccccc2)c(Oc2ncccn2)nn1C(=O)O. The molecule has 23 heavy (non-hydrogen) atoms. The molecule has 1 aromatic carbocycles. The van der Waals surface area contributed by atoms with Crippen molar-refractivity contribution in [2.75, 3.05) is 0 Å². The fourth-order valence-corrected chi connectivity index (χ4v) is 2.80. The fraction of sp³-hybridized carbons (Fsp3) is 0.0667. The highest BCUT2D eigenvalue weighted by Gasteiger charge is 2.21. The zero-order valence-electron chi connectivity index (χ0n) is 12.1. The Balaban J connectivity index is 2.00. The number of ether oxygens (including phenoxy) is 1. The lowest BCUT2D eigenvalue weighted by molar-refractivity contribution is 0.191. The normalized spacial score (nSPS) is 10.5. The van der Waals surface area contributed by atoms with E-state index in [0.29, 0.717) is 10.6 Å². The summed E-state index contributed by atoms with van der Waals surface area (Å²) in [5, 5.41) is 13.2. The molecule has 0 aliphatic heterocycles. The zero-order chi connectivity index (χ0) is 16.2. The minimum atomic E-state index is -1.18. The molecule has 7 nitrogen and oxygen atoms in total. The Morgan fingerprint density at radius 2 is 1.87 bits per heavy atom. The van der Waals surface area contributed by atoms with Crippen LogP contribution in [0.25, 0.3) is 0 Å². The van der Waals surface area contributed by atoms with Gasteiger partial charge in [-0.05, 0) is 25.1 Å². The van der Waals surface area contributed by atoms with Gasteiger partial charge in [0.2, 0.25) is 0 Å². The minimum Gasteiger partial charge on any atom is -0.463 e. The van der Waals surface area contributed by atoms with Crippen molar-refractivity contribution in [3.8, 4) is 11.9 Å². The molecule has 1 N–H and O–H groups in total. The maximum atomic E-state index is 11.3. The molecular formula is C15H12N4O3S. The van der Waals surface area contributed by atoms with Crippen molar-refractivity contribution < 1.29 is 14.6 Å². The van der Waals surface area contributed by atoms with Crippen molar-refractivity contribution in [2.24, 2.45) is 0 Å². The van der Waals surface area contributed by atoms with Crippen LogP contribution in [0.5, 0.6) is 11.9 Å². The van der Waals surface area contributed by atoms with Crippen molar-refractivity contribution in [1.29, 1.82) is 0 Å². The maximum Gasteiger partial charge on any atom is 0.432 e. The standard InChI is InChI=1S/C15H12N4O3S/c1-10-12(23-11-6-3-2-4-7-11)13(18-19(10)15(20)21)22-14-16-8-5-9-17-14/h2-9H,1H3,(H,20,21). The van der Waals surface area contributed by atoms with E-state index in [1.54, 1.807) is 13.0 Å². The summed E-state index contributed by atoms with van der Waals surface area (Å²) in [5.41, 5.74) is 0.470. The molecule has 0 unspecified atom stereocenters. The summed E-state index contributed by atoms with van der Waals surface area (Å²) < 4.78 is 6.43. The molecule has 2 heterocycles. The van der Waals surface area contributed by atoms with E-state index in [2.05, 4.69) is 15.1 Å². The molecule has 0 amide bonds. The average molecular weight is 328 g/mol. The second kappa shape index (κ2) is 6.49. The van der Waals surface area contributed by atoms with Gasteiger partial charge in [0, 0.05) is 17.3 Å². The summed E-state index contributed by atoms with van der Waals surface area (Å²) in [5.74, 6) is 0.157. The van der Waals surface area contributed by atoms with Gasteiger partial charge in [-0.25, -0.2) is 14.8 Å². The predicted molar refractivity (Wildman–Crippen MR) is 83.1 cm³/mol. The lowest BCUT2D eigenvalue weighted by Gasteiger charge is -2.04. The van der Waals surface area contributed by atoms with Gasteiger partial charge >= 0.3 is 12.1 Å². The van der Waals surface area contributed by atoms with Gasteiger partial charge in [0.1, 0.15) is 0 Å². The fourth-order valence-electron chi connectivity index (χ4n) is 1.86. The van der Waals surface area contributed by atoms with Crippen LogP contribution in [-0.4, -0.2) is 30.9 Å². The van der Waals surface area contributed by atoms with Crippen molar-refractivity contribution in [3.63, 3.8) is 0 Å². The number of carbonyl (C=O) groups is 1. The molecule has 3 rings (SSSR count). The van der Waals surface area contributed by atoms with E-state index >= 15 is 0 Å². The number of hydrogen-bond acceptors (Lipinski definition) is 6. The first-order chi connectivity index (χ1) is 11.1. The lowest BCUT2D eigenvalue weighted by Crippen LogP contribution is -2.11. The molecule has 116 valence electrons. The minimum absolute atomic E-state index is 0.109. The predicted octanol–water partition coefficient (Wildman–Crippen LogP) is 3.45. The van der Waals surface area contributed by atoms with E-state index in [-0.39, 0.29) is 11.9 Å². The van der Waals surface area contributed by atoms with Gasteiger partial charge in [0.05, 0.1) is 10.6 Å². The molecule has 0 aliphatic rings. The van der Waals surface area contributed by atoms with Crippen LogP contribution < -0.4 is 4.74 Å². The van der Waals surface area contributed by atoms with E-state index in [0.717, 1.165) is 9.58 Å². The summed E-state index contributed by atoms with van der Waals surface area (Å²) >= 11 is 1.37. The Morgan fingerprint density at radius 1 is 1.17 bits per heavy atom. The molecule has 3 aromatic rings. The highest BCUT2D eigenvalue weighted by molar-refractivity contribution is 7.99. The second-order valence-corrected chi connectivity index (χ2v) is 5.55. The Labute approximate surface area is 136 Å². The number of carboxylic acid groups (broad SMARTS) is 1. The van der Waals surface area contributed by atoms with Crippen LogP contribution in [0.1, 0.15) is 5.69 Å². The van der Waals surface area contributed by atoms with E-state index in [4.69, 9.17) is 4.74 Å². The molecule has 0 bridgehead atoms. The Kier molecular flexibility index (Phi) is 4.24. The van der Waals surface area contributed by atoms with E-state index in [9.17, 15) is 9.90 Å². The number of benzene rings is 1. The molecule has 0 saturated heterocycles. The zero-order valence-corrected chi connectivity index (χ0v) is 12.9. The van der Waals surface area contributed by atoms with Gasteiger partial charge in [-0.2, -0.15) is 4.68 Å². The van der Waals surface area contributed by atoms with Crippen molar-refractivity contribution >= 4 is 17.9 Å². The topological polar surface area (TPSA) is 90.1 Å². The quantitative estimate of drug-likeness (QED) is 0.784. The number of aromatic nitrogens is 4. The van der Waals surface area contributed by atoms with Crippen LogP contribution in [0.4, 0.5) is 4.79 Å². The van der Waals surface area contributed by atoms with Gasteiger partial charge in [0.25, 0.3) is 5.88 Å². The molecule has 8 heteroatoms. The Hall–Kier alpha value is -2.87. The largest absolute Gasteiger partial charge is 0.463 e. The highest BCUT2D eigenvalue weighted by Crippen LogP contribution is 2.38. The van der Waals surface area contributed by atoms with Gasteiger partial charge in [-0.15, -0.1) is 5.10 Å². The lowest BCUT2D eigenvalue weighted by atomic mass is 10.4. The molecule has 0 aliphatic carbocycles. The van der Waals surface area contributed by atoms with Crippen LogP contribution in [0, 0.1) is 6.92 Å². The first-order valence-electron chi connectivity index (χ1n) is 6.66. The van der Waals surface area contributed by atoms with Crippen molar-refractivity contribution in [3.05, 3.63) is 54.5 Å². The summed E-state index contributed by atoms with van der Waals surface area (Å²) in [4.78, 5) is 20.8. The molecule has 0 spiro atoms. The molecule has 0 atom stereocenters. The van der Waals surface area contributed by atoms with Crippen LogP contribution in [0.3, 0.4) is 0 Å². The third-order valence-corrected chi connectivity index (χ3v) is 4.09. The highest BCUT2D eigenvalue weighted by atomic mass is 32.2. The Morgan fingerprint density at radius 3 is 2.52 bits per heavy atom. The maximum absolute atomic E-state index is 11.3. The molecule has 0 saturated carbocycles. The smallest absolute Gasteiger partial charge is 0.432 e. The summed E-state index contributed by atoms with van der Waals surface area (Å²) in [6.45, 7) is 1.67. The third kappa shape index (κ3) is 3.32. The summed E-state index contributed by atoms with van der Waals surface area (Å²) in [6, 6.07) is 11.3. The van der Waals surface area contributed by atoms with Gasteiger partial charge in [-0.3, -0.25) is 0 Å².